The number of hydrogen-bond acceptors (Lipinski definition) is 5. The Balaban J connectivity index is 2.01. The zero-order chi connectivity index (χ0) is 14.1. The van der Waals surface area contributed by atoms with Gasteiger partial charge in [0.1, 0.15) is 11.5 Å². The molecular formula is C14H12N4O2. The van der Waals surface area contributed by atoms with Crippen LogP contribution in [0.3, 0.4) is 0 Å². The van der Waals surface area contributed by atoms with Gasteiger partial charge in [-0.05, 0) is 19.1 Å². The van der Waals surface area contributed by atoms with E-state index in [1.165, 1.54) is 0 Å². The topological polar surface area (TPSA) is 94.0 Å². The molecule has 1 aromatic carbocycles. The second-order valence-electron chi connectivity index (χ2n) is 4.38. The van der Waals surface area contributed by atoms with E-state index < -0.39 is 0 Å². The first kappa shape index (κ1) is 12.2. The van der Waals surface area contributed by atoms with Crippen molar-refractivity contribution < 1.29 is 9.32 Å². The third-order valence-electron chi connectivity index (χ3n) is 2.92. The van der Waals surface area contributed by atoms with Crippen LogP contribution < -0.4 is 11.1 Å². The Hall–Kier alpha value is -2.89. The van der Waals surface area contributed by atoms with E-state index in [1.54, 1.807) is 37.4 Å². The fourth-order valence-electron chi connectivity index (χ4n) is 2.01. The number of pyridine rings is 1. The summed E-state index contributed by atoms with van der Waals surface area (Å²) < 4.78 is 4.90. The number of hydrogen-bond donors (Lipinski definition) is 2. The molecule has 0 atom stereocenters. The van der Waals surface area contributed by atoms with E-state index in [9.17, 15) is 4.79 Å². The molecule has 0 saturated heterocycles. The van der Waals surface area contributed by atoms with Gasteiger partial charge in [0.05, 0.1) is 0 Å². The van der Waals surface area contributed by atoms with E-state index in [0.717, 1.165) is 5.39 Å². The van der Waals surface area contributed by atoms with Crippen LogP contribution in [0.2, 0.25) is 0 Å². The lowest BCUT2D eigenvalue weighted by molar-refractivity contribution is 0.102. The SMILES string of the molecule is Cc1cc(NC(=O)c2nccc3c(N)cccc23)no1. The molecule has 2 heterocycles. The smallest absolute Gasteiger partial charge is 0.276 e. The van der Waals surface area contributed by atoms with Crippen molar-refractivity contribution in [1.29, 1.82) is 0 Å². The molecule has 0 saturated carbocycles. The molecule has 0 spiro atoms. The summed E-state index contributed by atoms with van der Waals surface area (Å²) in [6, 6.07) is 8.79. The number of carbonyl (C=O) groups excluding carboxylic acids is 1. The van der Waals surface area contributed by atoms with E-state index in [0.29, 0.717) is 28.3 Å². The lowest BCUT2D eigenvalue weighted by atomic mass is 10.1. The third-order valence-corrected chi connectivity index (χ3v) is 2.92. The molecule has 3 rings (SSSR count). The molecule has 6 heteroatoms. The lowest BCUT2D eigenvalue weighted by Gasteiger charge is -2.06. The van der Waals surface area contributed by atoms with Crippen molar-refractivity contribution in [3.63, 3.8) is 0 Å². The monoisotopic (exact) mass is 268 g/mol. The summed E-state index contributed by atoms with van der Waals surface area (Å²) in [6.45, 7) is 1.75. The number of nitrogen functional groups attached to an aromatic ring is 1. The van der Waals surface area contributed by atoms with Crippen molar-refractivity contribution >= 4 is 28.2 Å². The van der Waals surface area contributed by atoms with Crippen LogP contribution >= 0.6 is 0 Å². The van der Waals surface area contributed by atoms with Gasteiger partial charge in [0.15, 0.2) is 5.82 Å². The molecule has 0 radical (unpaired) electrons. The molecular weight excluding hydrogens is 256 g/mol. The van der Waals surface area contributed by atoms with Crippen LogP contribution in [0.25, 0.3) is 10.8 Å². The van der Waals surface area contributed by atoms with Crippen molar-refractivity contribution in [2.45, 2.75) is 6.92 Å². The van der Waals surface area contributed by atoms with Gasteiger partial charge < -0.3 is 15.6 Å². The van der Waals surface area contributed by atoms with Crippen molar-refractivity contribution in [1.82, 2.24) is 10.1 Å². The van der Waals surface area contributed by atoms with Crippen molar-refractivity contribution in [2.75, 3.05) is 11.1 Å². The van der Waals surface area contributed by atoms with Crippen LogP contribution in [-0.4, -0.2) is 16.0 Å². The molecule has 0 fully saturated rings. The van der Waals surface area contributed by atoms with Gasteiger partial charge in [-0.2, -0.15) is 0 Å². The summed E-state index contributed by atoms with van der Waals surface area (Å²) in [5, 5.41) is 7.86. The number of rotatable bonds is 2. The Morgan fingerprint density at radius 1 is 1.30 bits per heavy atom. The van der Waals surface area contributed by atoms with Gasteiger partial charge in [-0.15, -0.1) is 0 Å². The molecule has 0 aliphatic rings. The maximum absolute atomic E-state index is 12.3. The van der Waals surface area contributed by atoms with Gasteiger partial charge in [0.2, 0.25) is 0 Å². The quantitative estimate of drug-likeness (QED) is 0.696. The number of aromatic nitrogens is 2. The van der Waals surface area contributed by atoms with Crippen LogP contribution in [0.5, 0.6) is 0 Å². The Labute approximate surface area is 114 Å². The zero-order valence-corrected chi connectivity index (χ0v) is 10.8. The Morgan fingerprint density at radius 3 is 2.90 bits per heavy atom. The van der Waals surface area contributed by atoms with E-state index in [2.05, 4.69) is 15.5 Å². The summed E-state index contributed by atoms with van der Waals surface area (Å²) in [5.41, 5.74) is 6.80. The molecule has 0 aliphatic heterocycles. The van der Waals surface area contributed by atoms with Crippen molar-refractivity contribution in [2.24, 2.45) is 0 Å². The first-order valence-electron chi connectivity index (χ1n) is 6.03. The second kappa shape index (κ2) is 4.65. The average molecular weight is 268 g/mol. The van der Waals surface area contributed by atoms with Crippen LogP contribution in [0.15, 0.2) is 41.1 Å². The molecule has 3 aromatic rings. The minimum Gasteiger partial charge on any atom is -0.398 e. The van der Waals surface area contributed by atoms with Crippen LogP contribution in [-0.2, 0) is 0 Å². The predicted molar refractivity (Wildman–Crippen MR) is 75.3 cm³/mol. The molecule has 1 amide bonds. The third kappa shape index (κ3) is 2.07. The van der Waals surface area contributed by atoms with E-state index in [4.69, 9.17) is 10.3 Å². The number of anilines is 2. The van der Waals surface area contributed by atoms with Crippen molar-refractivity contribution in [3.8, 4) is 0 Å². The molecule has 100 valence electrons. The number of benzene rings is 1. The first-order chi connectivity index (χ1) is 9.65. The highest BCUT2D eigenvalue weighted by atomic mass is 16.5. The normalized spacial score (nSPS) is 10.7. The Morgan fingerprint density at radius 2 is 2.15 bits per heavy atom. The highest BCUT2D eigenvalue weighted by Gasteiger charge is 2.14. The Bertz CT molecular complexity index is 795. The standard InChI is InChI=1S/C14H12N4O2/c1-8-7-12(18-20-8)17-14(19)13-10-3-2-4-11(15)9(10)5-6-16-13/h2-7H,15H2,1H3,(H,17,18,19). The average Bonchev–Trinajstić information content (AvgIpc) is 2.84. The lowest BCUT2D eigenvalue weighted by Crippen LogP contribution is -2.14. The number of nitrogens with two attached hydrogens (primary N) is 1. The summed E-state index contributed by atoms with van der Waals surface area (Å²) in [7, 11) is 0. The highest BCUT2D eigenvalue weighted by Crippen LogP contribution is 2.23. The fourth-order valence-corrected chi connectivity index (χ4v) is 2.01. The van der Waals surface area contributed by atoms with Crippen LogP contribution in [0.1, 0.15) is 16.2 Å². The van der Waals surface area contributed by atoms with E-state index in [1.807, 2.05) is 6.07 Å². The molecule has 0 unspecified atom stereocenters. The van der Waals surface area contributed by atoms with Gasteiger partial charge >= 0.3 is 0 Å². The number of amides is 1. The van der Waals surface area contributed by atoms with Gasteiger partial charge in [-0.1, -0.05) is 17.3 Å². The minimum atomic E-state index is -0.352. The van der Waals surface area contributed by atoms with Crippen molar-refractivity contribution in [3.05, 3.63) is 48.0 Å². The molecule has 0 aliphatic carbocycles. The molecule has 2 aromatic heterocycles. The Kier molecular flexibility index (Phi) is 2.83. The maximum atomic E-state index is 12.3. The fraction of sp³-hybridized carbons (Fsp3) is 0.0714. The van der Waals surface area contributed by atoms with E-state index in [-0.39, 0.29) is 5.91 Å². The van der Waals surface area contributed by atoms with Crippen LogP contribution in [0.4, 0.5) is 11.5 Å². The first-order valence-corrected chi connectivity index (χ1v) is 6.03. The number of nitrogens with one attached hydrogen (secondary N) is 1. The van der Waals surface area contributed by atoms with Gasteiger partial charge in [0.25, 0.3) is 5.91 Å². The molecule has 3 N–H and O–H groups in total. The minimum absolute atomic E-state index is 0.301. The maximum Gasteiger partial charge on any atom is 0.276 e. The van der Waals surface area contributed by atoms with Gasteiger partial charge in [-0.3, -0.25) is 9.78 Å². The molecule has 0 bridgehead atoms. The van der Waals surface area contributed by atoms with Gasteiger partial charge in [-0.25, -0.2) is 0 Å². The van der Waals surface area contributed by atoms with E-state index >= 15 is 0 Å². The van der Waals surface area contributed by atoms with Crippen LogP contribution in [0, 0.1) is 6.92 Å². The number of carbonyl (C=O) groups is 1. The zero-order valence-electron chi connectivity index (χ0n) is 10.8. The largest absolute Gasteiger partial charge is 0.398 e. The molecule has 6 nitrogen and oxygen atoms in total. The number of aryl methyl sites for hydroxylation is 1. The number of nitrogens with zero attached hydrogens (tertiary/aromatic N) is 2. The molecule has 20 heavy (non-hydrogen) atoms. The predicted octanol–water partition coefficient (Wildman–Crippen LogP) is 2.37. The van der Waals surface area contributed by atoms with Gasteiger partial charge in [0, 0.05) is 28.7 Å². The summed E-state index contributed by atoms with van der Waals surface area (Å²) in [4.78, 5) is 16.4. The summed E-state index contributed by atoms with van der Waals surface area (Å²) in [6.07, 6.45) is 1.56. The second-order valence-corrected chi connectivity index (χ2v) is 4.38. The summed E-state index contributed by atoms with van der Waals surface area (Å²) >= 11 is 0. The number of fused-ring (bicyclic) bond motifs is 1. The highest BCUT2D eigenvalue weighted by molar-refractivity contribution is 6.12. The summed E-state index contributed by atoms with van der Waals surface area (Å²) in [5.74, 6) is 0.625.